The molecule has 35 heavy (non-hydrogen) atoms. The molecule has 0 N–H and O–H groups in total. The van der Waals surface area contributed by atoms with Crippen LogP contribution in [0.25, 0.3) is 6.08 Å². The number of carbonyl (C=O) groups is 1. The fourth-order valence-electron chi connectivity index (χ4n) is 4.89. The first-order valence-corrected chi connectivity index (χ1v) is 13.9. The lowest BCUT2D eigenvalue weighted by Gasteiger charge is -2.30. The van der Waals surface area contributed by atoms with Gasteiger partial charge in [0.1, 0.15) is 0 Å². The molecule has 1 aliphatic heterocycles. The normalized spacial score (nSPS) is 21.7. The Morgan fingerprint density at radius 1 is 1.17 bits per heavy atom. The highest BCUT2D eigenvalue weighted by Crippen LogP contribution is 2.34. The summed E-state index contributed by atoms with van der Waals surface area (Å²) >= 11 is 2.85. The standard InChI is InChI=1S/C25H32F3N3O2S2/c1-17-29-15-21(34-17)7-6-20(32)14-19-4-2-18(3-5-19)8-11-31-12-9-22-23(10-13-31)35-24(30-22)33-16-25(26,27)28/h6-7,15,18-19H,2-5,8-14,16H2,1H3/b7-6+. The Hall–Kier alpha value is -1.78. The summed E-state index contributed by atoms with van der Waals surface area (Å²) in [6.07, 6.45) is 9.00. The first-order chi connectivity index (χ1) is 16.7. The minimum atomic E-state index is -4.34. The zero-order valence-corrected chi connectivity index (χ0v) is 21.6. The third kappa shape index (κ3) is 8.39. The Bertz CT molecular complexity index is 985. The number of aryl methyl sites for hydroxylation is 1. The van der Waals surface area contributed by atoms with E-state index in [1.54, 1.807) is 23.6 Å². The molecule has 10 heteroatoms. The smallest absolute Gasteiger partial charge is 0.422 e. The monoisotopic (exact) mass is 527 g/mol. The van der Waals surface area contributed by atoms with E-state index in [9.17, 15) is 18.0 Å². The summed E-state index contributed by atoms with van der Waals surface area (Å²) in [7, 11) is 0. The third-order valence-electron chi connectivity index (χ3n) is 6.82. The van der Waals surface area contributed by atoms with Gasteiger partial charge in [0, 0.05) is 41.9 Å². The SMILES string of the molecule is Cc1ncc(/C=C/C(=O)CC2CCC(CCN3CCc4nc(OCC(F)(F)F)sc4CC3)CC2)s1. The van der Waals surface area contributed by atoms with Crippen molar-refractivity contribution in [2.75, 3.05) is 26.2 Å². The van der Waals surface area contributed by atoms with Crippen LogP contribution in [0, 0.1) is 18.8 Å². The lowest BCUT2D eigenvalue weighted by Crippen LogP contribution is -2.29. The number of alkyl halides is 3. The average Bonchev–Trinajstić information content (AvgIpc) is 3.36. The molecule has 192 valence electrons. The van der Waals surface area contributed by atoms with Gasteiger partial charge in [-0.25, -0.2) is 9.97 Å². The summed E-state index contributed by atoms with van der Waals surface area (Å²) in [4.78, 5) is 25.4. The summed E-state index contributed by atoms with van der Waals surface area (Å²) in [5, 5.41) is 1.14. The number of halogens is 3. The van der Waals surface area contributed by atoms with Crippen LogP contribution >= 0.6 is 22.7 Å². The van der Waals surface area contributed by atoms with Crippen molar-refractivity contribution >= 4 is 34.5 Å². The molecule has 0 bridgehead atoms. The fraction of sp³-hybridized carbons (Fsp3) is 0.640. The number of ketones is 1. The molecule has 2 aromatic rings. The Morgan fingerprint density at radius 2 is 1.91 bits per heavy atom. The Labute approximate surface area is 212 Å². The van der Waals surface area contributed by atoms with E-state index in [-0.39, 0.29) is 11.0 Å². The van der Waals surface area contributed by atoms with Gasteiger partial charge in [-0.1, -0.05) is 24.2 Å². The number of carbonyl (C=O) groups excluding carboxylic acids is 1. The molecular weight excluding hydrogens is 495 g/mol. The predicted molar refractivity (Wildman–Crippen MR) is 133 cm³/mol. The van der Waals surface area contributed by atoms with E-state index < -0.39 is 12.8 Å². The highest BCUT2D eigenvalue weighted by Gasteiger charge is 2.30. The Morgan fingerprint density at radius 3 is 2.63 bits per heavy atom. The molecular formula is C25H32F3N3O2S2. The second-order valence-corrected chi connectivity index (χ2v) is 11.9. The first kappa shape index (κ1) is 26.3. The number of allylic oxidation sites excluding steroid dienone is 1. The molecule has 2 aliphatic rings. The van der Waals surface area contributed by atoms with Gasteiger partial charge in [0.15, 0.2) is 12.4 Å². The van der Waals surface area contributed by atoms with Gasteiger partial charge < -0.3 is 9.64 Å². The quantitative estimate of drug-likeness (QED) is 0.368. The van der Waals surface area contributed by atoms with Crippen molar-refractivity contribution in [2.45, 2.75) is 64.5 Å². The fourth-order valence-corrected chi connectivity index (χ4v) is 6.52. The predicted octanol–water partition coefficient (Wildman–Crippen LogP) is 6.12. The molecule has 2 aromatic heterocycles. The number of ether oxygens (including phenoxy) is 1. The van der Waals surface area contributed by atoms with Crippen LogP contribution in [-0.4, -0.2) is 53.1 Å². The van der Waals surface area contributed by atoms with Crippen LogP contribution in [0.5, 0.6) is 5.19 Å². The molecule has 5 nitrogen and oxygen atoms in total. The van der Waals surface area contributed by atoms with E-state index in [4.69, 9.17) is 4.74 Å². The first-order valence-electron chi connectivity index (χ1n) is 12.3. The molecule has 0 spiro atoms. The maximum Gasteiger partial charge on any atom is 0.422 e. The topological polar surface area (TPSA) is 55.3 Å². The van der Waals surface area contributed by atoms with Gasteiger partial charge in [-0.2, -0.15) is 13.2 Å². The van der Waals surface area contributed by atoms with Crippen LogP contribution < -0.4 is 4.74 Å². The van der Waals surface area contributed by atoms with E-state index in [2.05, 4.69) is 14.9 Å². The number of fused-ring (bicyclic) bond motifs is 1. The van der Waals surface area contributed by atoms with Gasteiger partial charge in [0.25, 0.3) is 5.19 Å². The highest BCUT2D eigenvalue weighted by molar-refractivity contribution is 7.13. The van der Waals surface area contributed by atoms with Crippen LogP contribution in [0.15, 0.2) is 12.3 Å². The van der Waals surface area contributed by atoms with E-state index in [1.165, 1.54) is 24.2 Å². The number of nitrogens with zero attached hydrogens (tertiary/aromatic N) is 3. The number of rotatable bonds is 9. The largest absolute Gasteiger partial charge is 0.460 e. The molecule has 4 rings (SSSR count). The van der Waals surface area contributed by atoms with Crippen LogP contribution in [0.1, 0.15) is 59.0 Å². The number of thiazole rings is 2. The number of hydrogen-bond acceptors (Lipinski definition) is 7. The van der Waals surface area contributed by atoms with Gasteiger partial charge in [0.2, 0.25) is 0 Å². The van der Waals surface area contributed by atoms with Crippen molar-refractivity contribution in [1.29, 1.82) is 0 Å². The Kier molecular flexibility index (Phi) is 8.99. The second-order valence-electron chi connectivity index (χ2n) is 9.56. The number of hydrogen-bond donors (Lipinski definition) is 0. The van der Waals surface area contributed by atoms with Crippen molar-refractivity contribution in [3.8, 4) is 5.19 Å². The molecule has 3 heterocycles. The summed E-state index contributed by atoms with van der Waals surface area (Å²) in [5.41, 5.74) is 0.888. The van der Waals surface area contributed by atoms with Crippen LogP contribution in [0.2, 0.25) is 0 Å². The Balaban J connectivity index is 1.13. The molecule has 1 fully saturated rings. The molecule has 0 amide bonds. The zero-order valence-electron chi connectivity index (χ0n) is 20.0. The molecule has 0 aromatic carbocycles. The van der Waals surface area contributed by atoms with Crippen LogP contribution in [-0.2, 0) is 17.6 Å². The van der Waals surface area contributed by atoms with Crippen molar-refractivity contribution < 1.29 is 22.7 Å². The van der Waals surface area contributed by atoms with Crippen molar-refractivity contribution in [2.24, 2.45) is 11.8 Å². The van der Waals surface area contributed by atoms with Gasteiger partial charge in [-0.15, -0.1) is 11.3 Å². The summed E-state index contributed by atoms with van der Waals surface area (Å²) in [6, 6.07) is 0. The summed E-state index contributed by atoms with van der Waals surface area (Å²) in [5.74, 6) is 1.40. The third-order valence-corrected chi connectivity index (χ3v) is 8.77. The van der Waals surface area contributed by atoms with Crippen molar-refractivity contribution in [1.82, 2.24) is 14.9 Å². The molecule has 0 atom stereocenters. The second kappa shape index (κ2) is 12.0. The van der Waals surface area contributed by atoms with Gasteiger partial charge >= 0.3 is 6.18 Å². The molecule has 0 unspecified atom stereocenters. The average molecular weight is 528 g/mol. The summed E-state index contributed by atoms with van der Waals surface area (Å²) < 4.78 is 41.9. The molecule has 1 aliphatic carbocycles. The van der Waals surface area contributed by atoms with Crippen LogP contribution in [0.4, 0.5) is 13.2 Å². The lowest BCUT2D eigenvalue weighted by atomic mass is 9.78. The van der Waals surface area contributed by atoms with Crippen LogP contribution in [0.3, 0.4) is 0 Å². The lowest BCUT2D eigenvalue weighted by molar-refractivity contribution is -0.153. The van der Waals surface area contributed by atoms with E-state index in [1.807, 2.05) is 13.0 Å². The van der Waals surface area contributed by atoms with Gasteiger partial charge in [-0.05, 0) is 63.1 Å². The molecule has 0 radical (unpaired) electrons. The maximum atomic E-state index is 12.4. The number of aromatic nitrogens is 2. The van der Waals surface area contributed by atoms with Gasteiger partial charge in [-0.3, -0.25) is 4.79 Å². The zero-order chi connectivity index (χ0) is 24.8. The molecule has 1 saturated carbocycles. The van der Waals surface area contributed by atoms with E-state index in [0.717, 1.165) is 72.2 Å². The van der Waals surface area contributed by atoms with Gasteiger partial charge in [0.05, 0.1) is 10.7 Å². The highest BCUT2D eigenvalue weighted by atomic mass is 32.1. The summed E-state index contributed by atoms with van der Waals surface area (Å²) in [6.45, 7) is 3.50. The minimum Gasteiger partial charge on any atom is -0.460 e. The van der Waals surface area contributed by atoms with Crippen molar-refractivity contribution in [3.63, 3.8) is 0 Å². The van der Waals surface area contributed by atoms with Crippen molar-refractivity contribution in [3.05, 3.63) is 32.7 Å². The molecule has 0 saturated heterocycles. The minimum absolute atomic E-state index is 0.130. The van der Waals surface area contributed by atoms with E-state index in [0.29, 0.717) is 18.3 Å². The van der Waals surface area contributed by atoms with E-state index >= 15 is 0 Å². The maximum absolute atomic E-state index is 12.4.